The number of rotatable bonds is 7. The topological polar surface area (TPSA) is 64.3 Å². The molecule has 2 aromatic carbocycles. The Balaban J connectivity index is 2.02. The fraction of sp³-hybridized carbons (Fsp3) is 0.235. The maximum absolute atomic E-state index is 11.0. The molecule has 4 nitrogen and oxygen atoms in total. The van der Waals surface area contributed by atoms with Crippen LogP contribution in [0.5, 0.6) is 11.5 Å². The Morgan fingerprint density at radius 1 is 1.27 bits per heavy atom. The number of para-hydroxylation sites is 1. The molecule has 116 valence electrons. The molecule has 0 aliphatic rings. The minimum Gasteiger partial charge on any atom is -0.457 e. The van der Waals surface area contributed by atoms with E-state index in [9.17, 15) is 4.79 Å². The molecule has 5 heteroatoms. The Morgan fingerprint density at radius 2 is 2.05 bits per heavy atom. The molecule has 2 aromatic rings. The summed E-state index contributed by atoms with van der Waals surface area (Å²) in [6.45, 7) is 2.39. The number of carbonyl (C=O) groups is 1. The number of benzene rings is 2. The molecule has 1 atom stereocenters. The van der Waals surface area contributed by atoms with Gasteiger partial charge in [0.1, 0.15) is 11.5 Å². The number of hydrogen-bond acceptors (Lipinski definition) is 3. The minimum absolute atomic E-state index is 0.346. The number of hydrogen-bond donors (Lipinski definition) is 2. The average molecular weight is 319 g/mol. The summed E-state index contributed by atoms with van der Waals surface area (Å²) in [6.07, 6.45) is 0.731. The first-order valence-electron chi connectivity index (χ1n) is 7.10. The second kappa shape index (κ2) is 7.82. The van der Waals surface area contributed by atoms with Gasteiger partial charge in [0.25, 0.3) is 0 Å². The van der Waals surface area contributed by atoms with E-state index in [0.29, 0.717) is 17.3 Å². The second-order valence-electron chi connectivity index (χ2n) is 5.00. The fourth-order valence-corrected chi connectivity index (χ4v) is 2.17. The normalized spacial score (nSPS) is 11.9. The van der Waals surface area contributed by atoms with E-state index >= 15 is 0 Å². The molecule has 1 unspecified atom stereocenters. The van der Waals surface area contributed by atoms with Gasteiger partial charge in [-0.15, -0.1) is 0 Å². The van der Waals surface area contributed by atoms with E-state index in [1.807, 2.05) is 36.4 Å². The van der Waals surface area contributed by atoms with Gasteiger partial charge in [0.2, 0.25) is 5.91 Å². The van der Waals surface area contributed by atoms with Gasteiger partial charge in [-0.1, -0.05) is 35.9 Å². The van der Waals surface area contributed by atoms with Crippen LogP contribution in [0.15, 0.2) is 48.5 Å². The largest absolute Gasteiger partial charge is 0.457 e. The van der Waals surface area contributed by atoms with Crippen molar-refractivity contribution in [3.8, 4) is 11.5 Å². The molecule has 1 amide bonds. The lowest BCUT2D eigenvalue weighted by atomic mass is 10.1. The predicted octanol–water partition coefficient (Wildman–Crippen LogP) is 3.14. The van der Waals surface area contributed by atoms with Crippen LogP contribution in [0.1, 0.15) is 12.5 Å². The molecule has 3 N–H and O–H groups in total. The number of carbonyl (C=O) groups excluding carboxylic acids is 1. The van der Waals surface area contributed by atoms with Crippen molar-refractivity contribution in [3.63, 3.8) is 0 Å². The second-order valence-corrected chi connectivity index (χ2v) is 5.43. The molecule has 0 radical (unpaired) electrons. The van der Waals surface area contributed by atoms with Crippen LogP contribution in [0.3, 0.4) is 0 Å². The first-order chi connectivity index (χ1) is 10.6. The molecule has 0 saturated heterocycles. The van der Waals surface area contributed by atoms with Gasteiger partial charge in [-0.25, -0.2) is 0 Å². The highest BCUT2D eigenvalue weighted by atomic mass is 35.5. The minimum atomic E-state index is -0.358. The summed E-state index contributed by atoms with van der Waals surface area (Å²) in [5.74, 6) is 1.11. The number of primary amides is 1. The first kappa shape index (κ1) is 16.3. The lowest BCUT2D eigenvalue weighted by molar-refractivity contribution is -0.119. The van der Waals surface area contributed by atoms with Crippen molar-refractivity contribution >= 4 is 17.5 Å². The van der Waals surface area contributed by atoms with Crippen molar-refractivity contribution in [2.24, 2.45) is 5.73 Å². The Bertz CT molecular complexity index is 646. The van der Waals surface area contributed by atoms with Gasteiger partial charge in [-0.3, -0.25) is 4.79 Å². The van der Waals surface area contributed by atoms with Gasteiger partial charge in [-0.2, -0.15) is 0 Å². The van der Waals surface area contributed by atoms with E-state index in [1.54, 1.807) is 19.1 Å². The Morgan fingerprint density at radius 3 is 2.77 bits per heavy atom. The monoisotopic (exact) mass is 318 g/mol. The maximum Gasteiger partial charge on any atom is 0.234 e. The smallest absolute Gasteiger partial charge is 0.234 e. The van der Waals surface area contributed by atoms with E-state index in [1.165, 1.54) is 0 Å². The third-order valence-corrected chi connectivity index (χ3v) is 3.50. The number of amides is 1. The van der Waals surface area contributed by atoms with Crippen molar-refractivity contribution in [1.82, 2.24) is 5.32 Å². The van der Waals surface area contributed by atoms with Gasteiger partial charge in [0.15, 0.2) is 0 Å². The number of halogens is 1. The van der Waals surface area contributed by atoms with Crippen molar-refractivity contribution in [3.05, 3.63) is 59.1 Å². The highest BCUT2D eigenvalue weighted by molar-refractivity contribution is 6.30. The molecule has 0 bridgehead atoms. The van der Waals surface area contributed by atoms with Crippen molar-refractivity contribution in [2.45, 2.75) is 19.4 Å². The standard InChI is InChI=1S/C17H19ClN2O2/c1-12(17(19)21)20-10-9-13-5-2-3-8-16(13)22-15-7-4-6-14(18)11-15/h2-8,11-12,20H,9-10H2,1H3,(H2,19,21). The van der Waals surface area contributed by atoms with Crippen LogP contribution in [-0.2, 0) is 11.2 Å². The van der Waals surface area contributed by atoms with E-state index in [-0.39, 0.29) is 11.9 Å². The van der Waals surface area contributed by atoms with Crippen LogP contribution in [0, 0.1) is 0 Å². The summed E-state index contributed by atoms with van der Waals surface area (Å²) in [7, 11) is 0. The summed E-state index contributed by atoms with van der Waals surface area (Å²) in [6, 6.07) is 14.7. The van der Waals surface area contributed by atoms with Crippen LogP contribution >= 0.6 is 11.6 Å². The van der Waals surface area contributed by atoms with E-state index in [4.69, 9.17) is 22.1 Å². The molecule has 0 saturated carbocycles. The van der Waals surface area contributed by atoms with Crippen molar-refractivity contribution in [2.75, 3.05) is 6.54 Å². The molecule has 22 heavy (non-hydrogen) atoms. The molecule has 0 aliphatic heterocycles. The van der Waals surface area contributed by atoms with Gasteiger partial charge in [0.05, 0.1) is 6.04 Å². The van der Waals surface area contributed by atoms with Crippen LogP contribution in [0.25, 0.3) is 0 Å². The van der Waals surface area contributed by atoms with Crippen molar-refractivity contribution in [1.29, 1.82) is 0 Å². The van der Waals surface area contributed by atoms with E-state index in [2.05, 4.69) is 5.32 Å². The molecular formula is C17H19ClN2O2. The summed E-state index contributed by atoms with van der Waals surface area (Å²) >= 11 is 5.97. The maximum atomic E-state index is 11.0. The van der Waals surface area contributed by atoms with E-state index in [0.717, 1.165) is 17.7 Å². The lowest BCUT2D eigenvalue weighted by Crippen LogP contribution is -2.39. The zero-order valence-electron chi connectivity index (χ0n) is 12.4. The molecule has 2 rings (SSSR count). The van der Waals surface area contributed by atoms with Gasteiger partial charge in [0, 0.05) is 11.6 Å². The van der Waals surface area contributed by atoms with Gasteiger partial charge < -0.3 is 15.8 Å². The number of nitrogens with two attached hydrogens (primary N) is 1. The van der Waals surface area contributed by atoms with E-state index < -0.39 is 0 Å². The highest BCUT2D eigenvalue weighted by Crippen LogP contribution is 2.27. The molecule has 0 spiro atoms. The lowest BCUT2D eigenvalue weighted by Gasteiger charge is -2.13. The quantitative estimate of drug-likeness (QED) is 0.824. The van der Waals surface area contributed by atoms with Crippen LogP contribution in [0.4, 0.5) is 0 Å². The Labute approximate surface area is 135 Å². The number of nitrogens with one attached hydrogen (secondary N) is 1. The van der Waals surface area contributed by atoms with Crippen LogP contribution in [0.2, 0.25) is 5.02 Å². The third kappa shape index (κ3) is 4.76. The predicted molar refractivity (Wildman–Crippen MR) is 88.3 cm³/mol. The Kier molecular flexibility index (Phi) is 5.81. The van der Waals surface area contributed by atoms with Gasteiger partial charge >= 0.3 is 0 Å². The summed E-state index contributed by atoms with van der Waals surface area (Å²) in [5, 5.41) is 3.71. The zero-order valence-corrected chi connectivity index (χ0v) is 13.1. The van der Waals surface area contributed by atoms with Crippen LogP contribution in [-0.4, -0.2) is 18.5 Å². The molecule has 0 aliphatic carbocycles. The molecule has 0 fully saturated rings. The molecular weight excluding hydrogens is 300 g/mol. The third-order valence-electron chi connectivity index (χ3n) is 3.27. The van der Waals surface area contributed by atoms with Crippen molar-refractivity contribution < 1.29 is 9.53 Å². The molecule has 0 aromatic heterocycles. The average Bonchev–Trinajstić information content (AvgIpc) is 2.49. The molecule has 0 heterocycles. The first-order valence-corrected chi connectivity index (χ1v) is 7.48. The van der Waals surface area contributed by atoms with Crippen LogP contribution < -0.4 is 15.8 Å². The van der Waals surface area contributed by atoms with Gasteiger partial charge in [-0.05, 0) is 43.2 Å². The summed E-state index contributed by atoms with van der Waals surface area (Å²) in [4.78, 5) is 11.0. The zero-order chi connectivity index (χ0) is 15.9. The highest BCUT2D eigenvalue weighted by Gasteiger charge is 2.09. The summed E-state index contributed by atoms with van der Waals surface area (Å²) in [5.41, 5.74) is 6.27. The SMILES string of the molecule is CC(NCCc1ccccc1Oc1cccc(Cl)c1)C(N)=O. The summed E-state index contributed by atoms with van der Waals surface area (Å²) < 4.78 is 5.89. The number of ether oxygens (including phenoxy) is 1. The fourth-order valence-electron chi connectivity index (χ4n) is 1.99. The Hall–Kier alpha value is -2.04.